The van der Waals surface area contributed by atoms with Crippen molar-refractivity contribution in [3.63, 3.8) is 0 Å². The molecule has 0 aromatic rings. The molecular formula is C8H20N2Si. The average Bonchev–Trinajstić information content (AvgIpc) is 2.07. The van der Waals surface area contributed by atoms with Gasteiger partial charge in [0.15, 0.2) is 0 Å². The molecule has 0 atom stereocenters. The van der Waals surface area contributed by atoms with Gasteiger partial charge in [-0.15, -0.1) is 0 Å². The van der Waals surface area contributed by atoms with Gasteiger partial charge in [-0.2, -0.15) is 0 Å². The second-order valence-electron chi connectivity index (χ2n) is 2.44. The zero-order valence-electron chi connectivity index (χ0n) is 8.22. The summed E-state index contributed by atoms with van der Waals surface area (Å²) >= 11 is 0. The van der Waals surface area contributed by atoms with Crippen molar-refractivity contribution in [3.05, 3.63) is 0 Å². The first-order valence-corrected chi connectivity index (χ1v) is 5.43. The van der Waals surface area contributed by atoms with Gasteiger partial charge in [-0.25, -0.2) is 0 Å². The SMILES string of the molecule is CCN(CC)[Si]N(CC)CC. The second-order valence-corrected chi connectivity index (χ2v) is 3.91. The van der Waals surface area contributed by atoms with Gasteiger partial charge >= 0.3 is 0 Å². The van der Waals surface area contributed by atoms with Crippen LogP contribution < -0.4 is 0 Å². The van der Waals surface area contributed by atoms with Gasteiger partial charge < -0.3 is 9.13 Å². The van der Waals surface area contributed by atoms with Crippen LogP contribution in [0.5, 0.6) is 0 Å². The fraction of sp³-hybridized carbons (Fsp3) is 1.00. The third-order valence-electron chi connectivity index (χ3n) is 1.81. The first-order valence-electron chi connectivity index (χ1n) is 4.54. The predicted molar refractivity (Wildman–Crippen MR) is 51.6 cm³/mol. The molecule has 0 fully saturated rings. The van der Waals surface area contributed by atoms with E-state index in [9.17, 15) is 0 Å². The van der Waals surface area contributed by atoms with E-state index in [4.69, 9.17) is 0 Å². The van der Waals surface area contributed by atoms with Crippen LogP contribution in [0.4, 0.5) is 0 Å². The molecule has 0 aliphatic heterocycles. The molecule has 0 rings (SSSR count). The molecule has 66 valence electrons. The van der Waals surface area contributed by atoms with Crippen LogP contribution in [0.15, 0.2) is 0 Å². The maximum atomic E-state index is 2.47. The Kier molecular flexibility index (Phi) is 6.91. The topological polar surface area (TPSA) is 6.48 Å². The van der Waals surface area contributed by atoms with Crippen LogP contribution in [0, 0.1) is 0 Å². The molecule has 0 unspecified atom stereocenters. The lowest BCUT2D eigenvalue weighted by Gasteiger charge is -2.24. The van der Waals surface area contributed by atoms with Crippen molar-refractivity contribution in [2.45, 2.75) is 27.7 Å². The molecule has 0 aromatic carbocycles. The molecule has 0 aliphatic carbocycles. The summed E-state index contributed by atoms with van der Waals surface area (Å²) in [5.41, 5.74) is 0. The van der Waals surface area contributed by atoms with Crippen LogP contribution in [-0.4, -0.2) is 45.2 Å². The highest BCUT2D eigenvalue weighted by atomic mass is 28.2. The summed E-state index contributed by atoms with van der Waals surface area (Å²) in [6, 6.07) is 0. The Morgan fingerprint density at radius 2 is 1.00 bits per heavy atom. The molecule has 0 spiro atoms. The molecule has 0 aliphatic rings. The minimum absolute atomic E-state index is 0.881. The summed E-state index contributed by atoms with van der Waals surface area (Å²) in [6.45, 7) is 13.6. The van der Waals surface area contributed by atoms with E-state index in [2.05, 4.69) is 36.8 Å². The van der Waals surface area contributed by atoms with Gasteiger partial charge in [0, 0.05) is 0 Å². The molecule has 3 heteroatoms. The molecule has 0 bridgehead atoms. The zero-order valence-corrected chi connectivity index (χ0v) is 9.22. The van der Waals surface area contributed by atoms with E-state index in [0.29, 0.717) is 0 Å². The van der Waals surface area contributed by atoms with Gasteiger partial charge in [0.1, 0.15) is 0 Å². The van der Waals surface area contributed by atoms with Gasteiger partial charge in [0.25, 0.3) is 9.84 Å². The highest BCUT2D eigenvalue weighted by Gasteiger charge is 2.06. The third kappa shape index (κ3) is 4.56. The Morgan fingerprint density at radius 1 is 0.727 bits per heavy atom. The van der Waals surface area contributed by atoms with Gasteiger partial charge in [0.2, 0.25) is 0 Å². The Hall–Kier alpha value is 0.137. The molecule has 11 heavy (non-hydrogen) atoms. The monoisotopic (exact) mass is 172 g/mol. The molecule has 0 aromatic heterocycles. The van der Waals surface area contributed by atoms with Crippen molar-refractivity contribution in [2.75, 3.05) is 26.2 Å². The van der Waals surface area contributed by atoms with Gasteiger partial charge in [0.05, 0.1) is 0 Å². The van der Waals surface area contributed by atoms with Crippen molar-refractivity contribution in [1.82, 2.24) is 9.13 Å². The van der Waals surface area contributed by atoms with Crippen molar-refractivity contribution in [1.29, 1.82) is 0 Å². The standard InChI is InChI=1S/C8H20N2Si/c1-5-9(6-2)11-10(7-3)8-4/h5-8H2,1-4H3. The quantitative estimate of drug-likeness (QED) is 0.556. The summed E-state index contributed by atoms with van der Waals surface area (Å²) in [5, 5.41) is 0. The van der Waals surface area contributed by atoms with E-state index in [1.54, 1.807) is 0 Å². The predicted octanol–water partition coefficient (Wildman–Crippen LogP) is 1.20. The van der Waals surface area contributed by atoms with E-state index in [1.807, 2.05) is 0 Å². The molecule has 0 N–H and O–H groups in total. The second kappa shape index (κ2) is 6.82. The molecule has 0 amide bonds. The van der Waals surface area contributed by atoms with Crippen molar-refractivity contribution in [2.24, 2.45) is 0 Å². The maximum absolute atomic E-state index is 2.47. The third-order valence-corrected chi connectivity index (χ3v) is 3.64. The highest BCUT2D eigenvalue weighted by Crippen LogP contribution is 1.89. The summed E-state index contributed by atoms with van der Waals surface area (Å²) in [4.78, 5) is 0. The Morgan fingerprint density at radius 3 is 1.18 bits per heavy atom. The van der Waals surface area contributed by atoms with Crippen LogP contribution in [0.25, 0.3) is 0 Å². The Balaban J connectivity index is 3.58. The van der Waals surface area contributed by atoms with Crippen LogP contribution in [-0.2, 0) is 0 Å². The molecule has 2 nitrogen and oxygen atoms in total. The zero-order chi connectivity index (χ0) is 8.69. The fourth-order valence-electron chi connectivity index (χ4n) is 0.930. The molecule has 2 radical (unpaired) electrons. The number of hydrogen-bond acceptors (Lipinski definition) is 2. The smallest absolute Gasteiger partial charge is 0.251 e. The molecule has 0 saturated heterocycles. The summed E-state index contributed by atoms with van der Waals surface area (Å²) in [6.07, 6.45) is 0. The van der Waals surface area contributed by atoms with Gasteiger partial charge in [-0.05, 0) is 26.2 Å². The Labute approximate surface area is 73.5 Å². The van der Waals surface area contributed by atoms with Crippen molar-refractivity contribution < 1.29 is 0 Å². The van der Waals surface area contributed by atoms with E-state index in [0.717, 1.165) is 9.84 Å². The lowest BCUT2D eigenvalue weighted by atomic mass is 10.7. The van der Waals surface area contributed by atoms with E-state index in [-0.39, 0.29) is 0 Å². The summed E-state index contributed by atoms with van der Waals surface area (Å²) in [7, 11) is 0.881. The molecule has 0 saturated carbocycles. The van der Waals surface area contributed by atoms with Crippen LogP contribution in [0.1, 0.15) is 27.7 Å². The fourth-order valence-corrected chi connectivity index (χ4v) is 1.90. The van der Waals surface area contributed by atoms with Crippen LogP contribution in [0.3, 0.4) is 0 Å². The Bertz CT molecular complexity index is 70.2. The minimum Gasteiger partial charge on any atom is -0.313 e. The lowest BCUT2D eigenvalue weighted by molar-refractivity contribution is 0.401. The number of nitrogens with zero attached hydrogens (tertiary/aromatic N) is 2. The molecular weight excluding hydrogens is 152 g/mol. The van der Waals surface area contributed by atoms with Crippen molar-refractivity contribution in [3.8, 4) is 0 Å². The largest absolute Gasteiger partial charge is 0.313 e. The first-order chi connectivity index (χ1) is 5.28. The maximum Gasteiger partial charge on any atom is 0.251 e. The molecule has 0 heterocycles. The van der Waals surface area contributed by atoms with Gasteiger partial charge in [-0.3, -0.25) is 0 Å². The number of hydrogen-bond donors (Lipinski definition) is 0. The minimum atomic E-state index is 0.881. The first kappa shape index (κ1) is 11.1. The van der Waals surface area contributed by atoms with Crippen LogP contribution >= 0.6 is 0 Å². The van der Waals surface area contributed by atoms with Crippen LogP contribution in [0.2, 0.25) is 0 Å². The van der Waals surface area contributed by atoms with Crippen molar-refractivity contribution >= 4 is 9.84 Å². The van der Waals surface area contributed by atoms with E-state index in [1.165, 1.54) is 26.2 Å². The lowest BCUT2D eigenvalue weighted by Crippen LogP contribution is -2.41. The number of rotatable bonds is 6. The average molecular weight is 172 g/mol. The normalized spacial score (nSPS) is 11.5. The van der Waals surface area contributed by atoms with E-state index < -0.39 is 0 Å². The van der Waals surface area contributed by atoms with E-state index >= 15 is 0 Å². The van der Waals surface area contributed by atoms with Gasteiger partial charge in [-0.1, -0.05) is 27.7 Å². The highest BCUT2D eigenvalue weighted by molar-refractivity contribution is 6.28. The summed E-state index contributed by atoms with van der Waals surface area (Å²) < 4.78 is 4.93. The summed E-state index contributed by atoms with van der Waals surface area (Å²) in [5.74, 6) is 0.